The third kappa shape index (κ3) is 33.7. The summed E-state index contributed by atoms with van der Waals surface area (Å²) in [5, 5.41) is 30.6. The molecule has 1 heterocycles. The number of aliphatic hydroxyl groups is 3. The lowest BCUT2D eigenvalue weighted by Crippen LogP contribution is -2.60. The monoisotopic (exact) mass is 891 g/mol. The van der Waals surface area contributed by atoms with E-state index in [0.29, 0.717) is 13.0 Å². The van der Waals surface area contributed by atoms with Gasteiger partial charge in [0.05, 0.1) is 19.8 Å². The average molecular weight is 891 g/mol. The molecule has 0 spiro atoms. The molecule has 0 aromatic heterocycles. The molecule has 1 aliphatic rings. The molecule has 13 heteroatoms. The van der Waals surface area contributed by atoms with Crippen LogP contribution in [0.2, 0.25) is 0 Å². The van der Waals surface area contributed by atoms with E-state index in [-0.39, 0.29) is 19.6 Å². The van der Waals surface area contributed by atoms with Crippen LogP contribution in [-0.4, -0.2) is 97.5 Å². The topological polar surface area (TPSA) is 178 Å². The fraction of sp³-hybridized carbons (Fsp3) is 0.896. The number of unbranched alkanes of at least 4 members (excludes halogenated alkanes) is 26. The van der Waals surface area contributed by atoms with Crippen molar-refractivity contribution in [2.45, 2.75) is 250 Å². The maximum absolute atomic E-state index is 12.9. The van der Waals surface area contributed by atoms with Crippen LogP contribution in [0.5, 0.6) is 0 Å². The highest BCUT2D eigenvalue weighted by atomic mass is 32.3. The second-order valence-electron chi connectivity index (χ2n) is 17.1. The minimum atomic E-state index is -5.06. The average Bonchev–Trinajstić information content (AvgIpc) is 3.23. The SMILES string of the molecule is CCCCCCC/C=C\C/C=C\CCCCCCCCCCCCCCCC(=O)OC(COCCCCCCCCCCC)COC1OC(CO)C(O)C(OS(=O)(=O)O)C1O. The Kier molecular flexibility index (Phi) is 37.9. The van der Waals surface area contributed by atoms with Crippen molar-refractivity contribution in [2.24, 2.45) is 0 Å². The van der Waals surface area contributed by atoms with Crippen molar-refractivity contribution in [3.05, 3.63) is 24.3 Å². The number of hydrogen-bond acceptors (Lipinski definition) is 11. The van der Waals surface area contributed by atoms with E-state index in [9.17, 15) is 28.5 Å². The van der Waals surface area contributed by atoms with Gasteiger partial charge < -0.3 is 34.3 Å². The summed E-state index contributed by atoms with van der Waals surface area (Å²) < 4.78 is 59.0. The Morgan fingerprint density at radius 1 is 0.623 bits per heavy atom. The second kappa shape index (κ2) is 40.1. The van der Waals surface area contributed by atoms with E-state index in [0.717, 1.165) is 44.9 Å². The van der Waals surface area contributed by atoms with Crippen molar-refractivity contribution in [1.82, 2.24) is 0 Å². The van der Waals surface area contributed by atoms with Crippen molar-refractivity contribution in [2.75, 3.05) is 26.4 Å². The smallest absolute Gasteiger partial charge is 0.397 e. The maximum atomic E-state index is 12.9. The van der Waals surface area contributed by atoms with Crippen molar-refractivity contribution in [3.63, 3.8) is 0 Å². The van der Waals surface area contributed by atoms with Gasteiger partial charge >= 0.3 is 16.4 Å². The van der Waals surface area contributed by atoms with E-state index >= 15 is 0 Å². The number of rotatable bonds is 43. The molecule has 0 bridgehead atoms. The number of aliphatic hydroxyl groups excluding tert-OH is 3. The van der Waals surface area contributed by atoms with Crippen LogP contribution in [0, 0.1) is 0 Å². The minimum absolute atomic E-state index is 0.0395. The summed E-state index contributed by atoms with van der Waals surface area (Å²) in [6.07, 6.45) is 36.6. The van der Waals surface area contributed by atoms with Crippen LogP contribution >= 0.6 is 0 Å². The summed E-state index contributed by atoms with van der Waals surface area (Å²) in [6, 6.07) is 0. The number of esters is 1. The molecule has 1 fully saturated rings. The van der Waals surface area contributed by atoms with E-state index in [1.165, 1.54) is 141 Å². The van der Waals surface area contributed by atoms with Crippen LogP contribution in [-0.2, 0) is 38.3 Å². The predicted molar refractivity (Wildman–Crippen MR) is 244 cm³/mol. The Hall–Kier alpha value is -1.42. The van der Waals surface area contributed by atoms with Crippen LogP contribution in [0.3, 0.4) is 0 Å². The van der Waals surface area contributed by atoms with Gasteiger partial charge in [0.2, 0.25) is 0 Å². The quantitative estimate of drug-likeness (QED) is 0.0197. The Labute approximate surface area is 371 Å². The summed E-state index contributed by atoms with van der Waals surface area (Å²) in [5.41, 5.74) is 0. The molecule has 6 unspecified atom stereocenters. The van der Waals surface area contributed by atoms with E-state index in [1.54, 1.807) is 0 Å². The van der Waals surface area contributed by atoms with Crippen molar-refractivity contribution in [1.29, 1.82) is 0 Å². The molecule has 0 aromatic rings. The fourth-order valence-electron chi connectivity index (χ4n) is 7.59. The molecule has 0 saturated carbocycles. The lowest BCUT2D eigenvalue weighted by atomic mass is 9.99. The van der Waals surface area contributed by atoms with E-state index in [2.05, 4.69) is 42.3 Å². The number of allylic oxidation sites excluding steroid dienone is 4. The Balaban J connectivity index is 2.27. The second-order valence-corrected chi connectivity index (χ2v) is 18.1. The zero-order chi connectivity index (χ0) is 44.7. The molecule has 360 valence electrons. The summed E-state index contributed by atoms with van der Waals surface area (Å²) in [7, 11) is -5.06. The van der Waals surface area contributed by atoms with Crippen LogP contribution in [0.1, 0.15) is 213 Å². The fourth-order valence-corrected chi connectivity index (χ4v) is 8.09. The molecule has 1 rings (SSSR count). The minimum Gasteiger partial charge on any atom is -0.457 e. The molecule has 0 amide bonds. The standard InChI is InChI=1S/C48H90O12S/c1-3-5-7-9-11-13-14-15-16-17-18-19-20-21-22-23-24-25-26-27-28-29-31-33-35-37-44(50)58-42(40-56-38-36-34-32-30-12-10-8-6-4-2)41-57-48-46(52)47(60-61(53,54)55)45(51)43(39-49)59-48/h14-15,17-18,42-43,45-49,51-52H,3-13,16,19-41H2,1-2H3,(H,53,54,55)/b15-14-,18-17-. The number of ether oxygens (including phenoxy) is 4. The van der Waals surface area contributed by atoms with Gasteiger partial charge in [0.25, 0.3) is 0 Å². The van der Waals surface area contributed by atoms with Gasteiger partial charge in [-0.2, -0.15) is 8.42 Å². The first kappa shape index (κ1) is 57.6. The summed E-state index contributed by atoms with van der Waals surface area (Å²) in [4.78, 5) is 12.9. The molecule has 6 atom stereocenters. The van der Waals surface area contributed by atoms with Gasteiger partial charge in [0.15, 0.2) is 6.29 Å². The zero-order valence-corrected chi connectivity index (χ0v) is 39.3. The third-order valence-corrected chi connectivity index (χ3v) is 11.8. The number of hydrogen-bond donors (Lipinski definition) is 4. The number of carbonyl (C=O) groups excluding carboxylic acids is 1. The van der Waals surface area contributed by atoms with Crippen molar-refractivity contribution in [3.8, 4) is 0 Å². The molecule has 4 N–H and O–H groups in total. The molecule has 12 nitrogen and oxygen atoms in total. The first-order chi connectivity index (χ1) is 29.6. The summed E-state index contributed by atoms with van der Waals surface area (Å²) >= 11 is 0. The third-order valence-electron chi connectivity index (χ3n) is 11.3. The largest absolute Gasteiger partial charge is 0.457 e. The van der Waals surface area contributed by atoms with Crippen LogP contribution in [0.15, 0.2) is 24.3 Å². The molecule has 1 aliphatic heterocycles. The molecule has 61 heavy (non-hydrogen) atoms. The molecular formula is C48H90O12S. The molecular weight excluding hydrogens is 801 g/mol. The summed E-state index contributed by atoms with van der Waals surface area (Å²) in [5.74, 6) is -0.399. The highest BCUT2D eigenvalue weighted by Gasteiger charge is 2.48. The van der Waals surface area contributed by atoms with Crippen LogP contribution in [0.4, 0.5) is 0 Å². The lowest BCUT2D eigenvalue weighted by Gasteiger charge is -2.41. The van der Waals surface area contributed by atoms with Gasteiger partial charge in [0, 0.05) is 13.0 Å². The first-order valence-corrected chi connectivity index (χ1v) is 26.0. The Morgan fingerprint density at radius 3 is 1.56 bits per heavy atom. The van der Waals surface area contributed by atoms with Crippen LogP contribution in [0.25, 0.3) is 0 Å². The molecule has 0 aromatic carbocycles. The normalized spacial score (nSPS) is 20.3. The molecule has 0 aliphatic carbocycles. The van der Waals surface area contributed by atoms with Crippen LogP contribution < -0.4 is 0 Å². The Bertz CT molecular complexity index is 1170. The van der Waals surface area contributed by atoms with Gasteiger partial charge in [-0.3, -0.25) is 9.35 Å². The van der Waals surface area contributed by atoms with E-state index < -0.39 is 59.8 Å². The first-order valence-electron chi connectivity index (χ1n) is 24.6. The van der Waals surface area contributed by atoms with E-state index in [1.807, 2.05) is 0 Å². The van der Waals surface area contributed by atoms with Crippen molar-refractivity contribution >= 4 is 16.4 Å². The van der Waals surface area contributed by atoms with Gasteiger partial charge in [-0.05, 0) is 44.9 Å². The van der Waals surface area contributed by atoms with Gasteiger partial charge in [-0.1, -0.05) is 186 Å². The highest BCUT2D eigenvalue weighted by Crippen LogP contribution is 2.26. The van der Waals surface area contributed by atoms with E-state index in [4.69, 9.17) is 23.5 Å². The van der Waals surface area contributed by atoms with Gasteiger partial charge in [-0.15, -0.1) is 0 Å². The predicted octanol–water partition coefficient (Wildman–Crippen LogP) is 10.8. The summed E-state index contributed by atoms with van der Waals surface area (Å²) in [6.45, 7) is 3.98. The highest BCUT2D eigenvalue weighted by molar-refractivity contribution is 7.80. The van der Waals surface area contributed by atoms with Gasteiger partial charge in [0.1, 0.15) is 30.5 Å². The maximum Gasteiger partial charge on any atom is 0.397 e. The van der Waals surface area contributed by atoms with Crippen molar-refractivity contribution < 1.29 is 56.2 Å². The molecule has 0 radical (unpaired) electrons. The lowest BCUT2D eigenvalue weighted by molar-refractivity contribution is -0.301. The molecule has 1 saturated heterocycles. The van der Waals surface area contributed by atoms with Gasteiger partial charge in [-0.25, -0.2) is 4.18 Å². The zero-order valence-electron chi connectivity index (χ0n) is 38.5. The Morgan fingerprint density at radius 2 is 1.08 bits per heavy atom. The number of carbonyl (C=O) groups is 1.